The highest BCUT2D eigenvalue weighted by Crippen LogP contribution is 2.23. The van der Waals surface area contributed by atoms with Crippen LogP contribution in [0.2, 0.25) is 0 Å². The summed E-state index contributed by atoms with van der Waals surface area (Å²) in [5.41, 5.74) is 1.75. The zero-order chi connectivity index (χ0) is 35.5. The molecule has 0 aliphatic heterocycles. The summed E-state index contributed by atoms with van der Waals surface area (Å²) in [5, 5.41) is 20.3. The van der Waals surface area contributed by atoms with Crippen LogP contribution in [0, 0.1) is 27.9 Å². The summed E-state index contributed by atoms with van der Waals surface area (Å²) in [7, 11) is 3.98. The van der Waals surface area contributed by atoms with Crippen molar-refractivity contribution in [1.29, 1.82) is 0 Å². The first-order chi connectivity index (χ1) is 22.6. The van der Waals surface area contributed by atoms with Crippen LogP contribution in [-0.4, -0.2) is 68.4 Å². The number of aryl methyl sites for hydroxylation is 3. The van der Waals surface area contributed by atoms with Crippen molar-refractivity contribution in [3.63, 3.8) is 0 Å². The minimum Gasteiger partial charge on any atom is -0.351 e. The van der Waals surface area contributed by atoms with Crippen LogP contribution in [0.4, 0.5) is 17.1 Å². The molecule has 0 saturated heterocycles. The van der Waals surface area contributed by atoms with E-state index < -0.39 is 10.8 Å². The van der Waals surface area contributed by atoms with Crippen molar-refractivity contribution >= 4 is 34.8 Å². The molecule has 13 nitrogen and oxygen atoms in total. The maximum absolute atomic E-state index is 13.7. The van der Waals surface area contributed by atoms with Crippen LogP contribution in [0.3, 0.4) is 0 Å². The van der Waals surface area contributed by atoms with Crippen molar-refractivity contribution in [2.75, 3.05) is 37.8 Å². The summed E-state index contributed by atoms with van der Waals surface area (Å²) < 4.78 is 5.30. The quantitative estimate of drug-likeness (QED) is 0.0774. The first-order valence-corrected chi connectivity index (χ1v) is 16.9. The molecule has 0 aromatic carbocycles. The molecule has 0 unspecified atom stereocenters. The molecule has 13 heteroatoms. The largest absolute Gasteiger partial charge is 0.351 e. The summed E-state index contributed by atoms with van der Waals surface area (Å²) in [6.45, 7) is 15.6. The third-order valence-electron chi connectivity index (χ3n) is 8.01. The van der Waals surface area contributed by atoms with Crippen molar-refractivity contribution in [2.45, 2.75) is 86.9 Å². The Labute approximate surface area is 284 Å². The molecule has 3 aromatic heterocycles. The van der Waals surface area contributed by atoms with Crippen molar-refractivity contribution < 1.29 is 19.3 Å². The highest BCUT2D eigenvalue weighted by molar-refractivity contribution is 6.07. The van der Waals surface area contributed by atoms with Gasteiger partial charge < -0.3 is 34.6 Å². The summed E-state index contributed by atoms with van der Waals surface area (Å²) in [6, 6.07) is 4.58. The SMILES string of the molecule is CC(C)CCn1cc(NC(=O)c2cc(NC(=O)c3cc([N+](=O)[O-])cn3CCC(C)C)cn2CCC(C)C)cc1C(=O)NCCCN(C)C. The smallest absolute Gasteiger partial charge is 0.287 e. The molecule has 0 radical (unpaired) electrons. The third kappa shape index (κ3) is 11.4. The van der Waals surface area contributed by atoms with Crippen LogP contribution < -0.4 is 16.0 Å². The lowest BCUT2D eigenvalue weighted by Gasteiger charge is -2.12. The minimum atomic E-state index is -0.510. The van der Waals surface area contributed by atoms with Gasteiger partial charge >= 0.3 is 0 Å². The monoisotopic (exact) mass is 666 g/mol. The van der Waals surface area contributed by atoms with Gasteiger partial charge in [-0.15, -0.1) is 0 Å². The molecule has 0 aliphatic carbocycles. The normalized spacial score (nSPS) is 11.6. The summed E-state index contributed by atoms with van der Waals surface area (Å²) in [4.78, 5) is 53.3. The van der Waals surface area contributed by atoms with Gasteiger partial charge in [0.05, 0.1) is 22.5 Å². The Kier molecular flexibility index (Phi) is 14.0. The minimum absolute atomic E-state index is 0.152. The fourth-order valence-electron chi connectivity index (χ4n) is 5.15. The van der Waals surface area contributed by atoms with Gasteiger partial charge in [-0.2, -0.15) is 0 Å². The number of hydrogen-bond acceptors (Lipinski definition) is 6. The Morgan fingerprint density at radius 2 is 1.12 bits per heavy atom. The topological polar surface area (TPSA) is 148 Å². The second kappa shape index (κ2) is 17.7. The molecular weight excluding hydrogens is 612 g/mol. The molecule has 264 valence electrons. The van der Waals surface area contributed by atoms with E-state index in [1.807, 2.05) is 32.5 Å². The number of nitrogens with one attached hydrogen (secondary N) is 3. The van der Waals surface area contributed by atoms with Crippen LogP contribution in [0.1, 0.15) is 98.7 Å². The van der Waals surface area contributed by atoms with E-state index in [1.165, 1.54) is 12.3 Å². The molecule has 0 fully saturated rings. The Morgan fingerprint density at radius 1 is 0.708 bits per heavy atom. The second-order valence-corrected chi connectivity index (χ2v) is 14.0. The molecule has 3 rings (SSSR count). The van der Waals surface area contributed by atoms with E-state index in [9.17, 15) is 24.5 Å². The standard InChI is InChI=1S/C35H54N8O5/c1-24(2)10-15-40-21-27(18-30(40)33(44)36-13-9-14-39(7)8)37-34(45)31-19-28(22-41(31)16-11-25(3)4)38-35(46)32-20-29(43(47)48)23-42(32)17-12-26(5)6/h18-26H,9-17H2,1-8H3,(H,36,44)(H,37,45)(H,38,46). The maximum atomic E-state index is 13.7. The predicted molar refractivity (Wildman–Crippen MR) is 190 cm³/mol. The van der Waals surface area contributed by atoms with Crippen LogP contribution in [0.15, 0.2) is 36.8 Å². The predicted octanol–water partition coefficient (Wildman–Crippen LogP) is 6.32. The van der Waals surface area contributed by atoms with Crippen LogP contribution in [0.5, 0.6) is 0 Å². The fraction of sp³-hybridized carbons (Fsp3) is 0.571. The van der Waals surface area contributed by atoms with E-state index in [2.05, 4.69) is 48.5 Å². The average molecular weight is 667 g/mol. The van der Waals surface area contributed by atoms with Gasteiger partial charge in [-0.1, -0.05) is 41.5 Å². The van der Waals surface area contributed by atoms with Crippen LogP contribution >= 0.6 is 0 Å². The molecule has 3 aromatic rings. The van der Waals surface area contributed by atoms with Crippen LogP contribution in [0.25, 0.3) is 0 Å². The van der Waals surface area contributed by atoms with E-state index >= 15 is 0 Å². The third-order valence-corrected chi connectivity index (χ3v) is 8.01. The molecular formula is C35H54N8O5. The fourth-order valence-corrected chi connectivity index (χ4v) is 5.15. The lowest BCUT2D eigenvalue weighted by Crippen LogP contribution is -2.28. The van der Waals surface area contributed by atoms with Crippen molar-refractivity contribution in [2.24, 2.45) is 17.8 Å². The van der Waals surface area contributed by atoms with Gasteiger partial charge in [0.1, 0.15) is 17.1 Å². The number of amides is 3. The first-order valence-electron chi connectivity index (χ1n) is 16.9. The molecule has 3 N–H and O–H groups in total. The first kappa shape index (κ1) is 38.1. The molecule has 48 heavy (non-hydrogen) atoms. The molecule has 0 atom stereocenters. The van der Waals surface area contributed by atoms with Gasteiger partial charge in [-0.3, -0.25) is 24.5 Å². The Hall–Kier alpha value is -4.39. The number of carbonyl (C=O) groups is 3. The summed E-state index contributed by atoms with van der Waals surface area (Å²) in [5.74, 6) is 0.0895. The van der Waals surface area contributed by atoms with Gasteiger partial charge in [-0.05, 0) is 76.2 Å². The average Bonchev–Trinajstić information content (AvgIpc) is 3.72. The molecule has 3 heterocycles. The van der Waals surface area contributed by atoms with Gasteiger partial charge in [0.15, 0.2) is 0 Å². The number of nitrogens with zero attached hydrogens (tertiary/aromatic N) is 5. The second-order valence-electron chi connectivity index (χ2n) is 14.0. The van der Waals surface area contributed by atoms with E-state index in [-0.39, 0.29) is 23.2 Å². The zero-order valence-electron chi connectivity index (χ0n) is 29.8. The number of hydrogen-bond donors (Lipinski definition) is 3. The Morgan fingerprint density at radius 3 is 1.54 bits per heavy atom. The lowest BCUT2D eigenvalue weighted by atomic mass is 10.1. The van der Waals surface area contributed by atoms with Crippen molar-refractivity contribution in [3.8, 4) is 0 Å². The highest BCUT2D eigenvalue weighted by Gasteiger charge is 2.23. The number of rotatable bonds is 19. The van der Waals surface area contributed by atoms with E-state index in [1.54, 1.807) is 33.7 Å². The van der Waals surface area contributed by atoms with E-state index in [0.29, 0.717) is 66.7 Å². The molecule has 0 saturated carbocycles. The Bertz CT molecular complexity index is 1550. The van der Waals surface area contributed by atoms with E-state index in [4.69, 9.17) is 0 Å². The van der Waals surface area contributed by atoms with Gasteiger partial charge in [0, 0.05) is 44.6 Å². The Balaban J connectivity index is 1.85. The highest BCUT2D eigenvalue weighted by atomic mass is 16.6. The molecule has 0 bridgehead atoms. The summed E-state index contributed by atoms with van der Waals surface area (Å²) in [6.07, 6.45) is 8.13. The summed E-state index contributed by atoms with van der Waals surface area (Å²) >= 11 is 0. The number of nitro groups is 1. The maximum Gasteiger partial charge on any atom is 0.287 e. The van der Waals surface area contributed by atoms with E-state index in [0.717, 1.165) is 32.2 Å². The van der Waals surface area contributed by atoms with Gasteiger partial charge in [-0.25, -0.2) is 0 Å². The number of anilines is 2. The van der Waals surface area contributed by atoms with Gasteiger partial charge in [0.25, 0.3) is 23.4 Å². The number of aromatic nitrogens is 3. The molecule has 0 spiro atoms. The van der Waals surface area contributed by atoms with Crippen molar-refractivity contribution in [3.05, 3.63) is 64.0 Å². The molecule has 0 aliphatic rings. The van der Waals surface area contributed by atoms with Gasteiger partial charge in [0.2, 0.25) is 0 Å². The molecule has 3 amide bonds. The van der Waals surface area contributed by atoms with Crippen molar-refractivity contribution in [1.82, 2.24) is 23.9 Å². The van der Waals surface area contributed by atoms with Crippen LogP contribution in [-0.2, 0) is 19.6 Å². The zero-order valence-corrected chi connectivity index (χ0v) is 29.8. The lowest BCUT2D eigenvalue weighted by molar-refractivity contribution is -0.384. The number of carbonyl (C=O) groups excluding carboxylic acids is 3.